The smallest absolute Gasteiger partial charge is 0.103 e. The Labute approximate surface area is 131 Å². The van der Waals surface area contributed by atoms with E-state index in [1.54, 1.807) is 0 Å². The maximum Gasteiger partial charge on any atom is 0.103 e. The summed E-state index contributed by atoms with van der Waals surface area (Å²) in [5.74, 6) is 0. The quantitative estimate of drug-likeness (QED) is 0.255. The van der Waals surface area contributed by atoms with Gasteiger partial charge in [-0.1, -0.05) is 41.6 Å². The molecule has 4 heteroatoms. The van der Waals surface area contributed by atoms with Gasteiger partial charge in [0.2, 0.25) is 0 Å². The van der Waals surface area contributed by atoms with Gasteiger partial charge in [0.15, 0.2) is 0 Å². The summed E-state index contributed by atoms with van der Waals surface area (Å²) < 4.78 is 0. The molecule has 0 spiro atoms. The number of fused-ring (bicyclic) bond motifs is 5. The lowest BCUT2D eigenvalue weighted by molar-refractivity contribution is 0.946. The largest absolute Gasteiger partial charge is 0.228 e. The van der Waals surface area contributed by atoms with Crippen LogP contribution in [-0.4, -0.2) is 0 Å². The molecule has 5 rings (SSSR count). The van der Waals surface area contributed by atoms with E-state index in [0.717, 1.165) is 10.6 Å². The summed E-state index contributed by atoms with van der Waals surface area (Å²) in [6.45, 7) is 0. The molecule has 104 valence electrons. The fraction of sp³-hybridized carbons (Fsp3) is 0. The van der Waals surface area contributed by atoms with Crippen LogP contribution in [0.25, 0.3) is 32.3 Å². The van der Waals surface area contributed by atoms with Gasteiger partial charge >= 0.3 is 0 Å². The van der Waals surface area contributed by atoms with Crippen LogP contribution in [0.15, 0.2) is 75.9 Å². The van der Waals surface area contributed by atoms with Crippen molar-refractivity contribution in [2.24, 2.45) is 10.3 Å². The van der Waals surface area contributed by atoms with E-state index in [1.807, 2.05) is 0 Å². The van der Waals surface area contributed by atoms with Crippen molar-refractivity contribution in [1.82, 2.24) is 4.83 Å². The Morgan fingerprint density at radius 1 is 0.727 bits per heavy atom. The fourth-order valence-corrected chi connectivity index (χ4v) is 3.63. The predicted molar refractivity (Wildman–Crippen MR) is 92.5 cm³/mol. The van der Waals surface area contributed by atoms with Crippen LogP contribution >= 0.6 is 11.9 Å². The average Bonchev–Trinajstić information content (AvgIpc) is 2.58. The third-order valence-corrected chi connectivity index (χ3v) is 4.86. The molecule has 1 aliphatic rings. The van der Waals surface area contributed by atoms with Crippen LogP contribution in [0, 0.1) is 0 Å². The number of nitrogens with zero attached hydrogens (tertiary/aromatic N) is 2. The van der Waals surface area contributed by atoms with Crippen LogP contribution in [0.2, 0.25) is 0 Å². The summed E-state index contributed by atoms with van der Waals surface area (Å²) in [5.41, 5.74) is 0.927. The zero-order valence-electron chi connectivity index (χ0n) is 11.6. The van der Waals surface area contributed by atoms with Crippen molar-refractivity contribution in [3.8, 4) is 0 Å². The molecule has 1 N–H and O–H groups in total. The van der Waals surface area contributed by atoms with Crippen molar-refractivity contribution in [3.05, 3.63) is 60.7 Å². The topological polar surface area (TPSA) is 36.8 Å². The van der Waals surface area contributed by atoms with Gasteiger partial charge in [-0.25, -0.2) is 4.83 Å². The molecule has 1 heterocycles. The Morgan fingerprint density at radius 3 is 2.32 bits per heavy atom. The van der Waals surface area contributed by atoms with E-state index in [0.29, 0.717) is 0 Å². The summed E-state index contributed by atoms with van der Waals surface area (Å²) in [5, 5.41) is 15.6. The number of benzene rings is 4. The molecular formula is C18H11N3S. The lowest BCUT2D eigenvalue weighted by Gasteiger charge is -2.12. The highest BCUT2D eigenvalue weighted by Gasteiger charge is 2.11. The lowest BCUT2D eigenvalue weighted by Crippen LogP contribution is -1.94. The molecule has 0 bridgehead atoms. The van der Waals surface area contributed by atoms with Gasteiger partial charge in [-0.05, 0) is 56.6 Å². The molecule has 0 amide bonds. The standard InChI is InChI=1S/C18H11N3S/c1-2-4-12-8-15-13(7-11(12)3-1)5-6-14-9-17-18(10-16(14)15)22-21-20-19-17/h1-10H,(H,19,21). The van der Waals surface area contributed by atoms with Crippen LogP contribution < -0.4 is 4.83 Å². The molecule has 0 aliphatic carbocycles. The Morgan fingerprint density at radius 2 is 1.45 bits per heavy atom. The summed E-state index contributed by atoms with van der Waals surface area (Å²) in [6.07, 6.45) is 0. The van der Waals surface area contributed by atoms with Gasteiger partial charge in [-0.15, -0.1) is 5.11 Å². The summed E-state index contributed by atoms with van der Waals surface area (Å²) >= 11 is 1.51. The minimum absolute atomic E-state index is 0.927. The second kappa shape index (κ2) is 4.45. The van der Waals surface area contributed by atoms with E-state index in [-0.39, 0.29) is 0 Å². The first-order valence-electron chi connectivity index (χ1n) is 7.10. The fourth-order valence-electron chi connectivity index (χ4n) is 3.07. The predicted octanol–water partition coefficient (Wildman–Crippen LogP) is 5.76. The normalized spacial score (nSPS) is 13.5. The minimum Gasteiger partial charge on any atom is -0.228 e. The number of hydrogen-bond acceptors (Lipinski definition) is 4. The van der Waals surface area contributed by atoms with Crippen LogP contribution in [0.5, 0.6) is 0 Å². The highest BCUT2D eigenvalue weighted by atomic mass is 32.2. The van der Waals surface area contributed by atoms with Crippen molar-refractivity contribution in [3.63, 3.8) is 0 Å². The van der Waals surface area contributed by atoms with Gasteiger partial charge in [0.05, 0.1) is 4.90 Å². The van der Waals surface area contributed by atoms with Gasteiger partial charge in [0.1, 0.15) is 5.69 Å². The zero-order valence-corrected chi connectivity index (χ0v) is 12.4. The third-order valence-electron chi connectivity index (χ3n) is 4.14. The lowest BCUT2D eigenvalue weighted by atomic mass is 9.98. The van der Waals surface area contributed by atoms with Crippen molar-refractivity contribution < 1.29 is 0 Å². The SMILES string of the molecule is c1ccc2cc3c(ccc4cc5c(cc43)SNN=N5)cc2c1. The van der Waals surface area contributed by atoms with E-state index in [1.165, 1.54) is 44.3 Å². The van der Waals surface area contributed by atoms with E-state index in [2.05, 4.69) is 75.8 Å². The van der Waals surface area contributed by atoms with Crippen molar-refractivity contribution in [2.45, 2.75) is 4.90 Å². The van der Waals surface area contributed by atoms with E-state index in [4.69, 9.17) is 0 Å². The van der Waals surface area contributed by atoms with E-state index < -0.39 is 0 Å². The zero-order chi connectivity index (χ0) is 14.5. The number of hydrogen-bond donors (Lipinski definition) is 1. The van der Waals surface area contributed by atoms with E-state index >= 15 is 0 Å². The Kier molecular flexibility index (Phi) is 2.43. The van der Waals surface area contributed by atoms with Gasteiger partial charge in [0.25, 0.3) is 0 Å². The highest BCUT2D eigenvalue weighted by Crippen LogP contribution is 2.38. The molecule has 4 aromatic carbocycles. The maximum absolute atomic E-state index is 4.17. The molecule has 22 heavy (non-hydrogen) atoms. The molecule has 3 nitrogen and oxygen atoms in total. The van der Waals surface area contributed by atoms with Crippen LogP contribution in [0.4, 0.5) is 5.69 Å². The van der Waals surface area contributed by atoms with Crippen LogP contribution in [0.1, 0.15) is 0 Å². The van der Waals surface area contributed by atoms with Crippen molar-refractivity contribution in [1.29, 1.82) is 0 Å². The second-order valence-corrected chi connectivity index (χ2v) is 6.25. The second-order valence-electron chi connectivity index (χ2n) is 5.42. The molecule has 0 unspecified atom stereocenters. The summed E-state index contributed by atoms with van der Waals surface area (Å²) in [7, 11) is 0. The Hall–Kier alpha value is -2.59. The van der Waals surface area contributed by atoms with Crippen molar-refractivity contribution in [2.75, 3.05) is 0 Å². The number of rotatable bonds is 0. The molecular weight excluding hydrogens is 290 g/mol. The molecule has 0 atom stereocenters. The first-order chi connectivity index (χ1) is 10.9. The highest BCUT2D eigenvalue weighted by molar-refractivity contribution is 7.97. The van der Waals surface area contributed by atoms with Gasteiger partial charge in [-0.3, -0.25) is 0 Å². The molecule has 0 radical (unpaired) electrons. The van der Waals surface area contributed by atoms with Crippen molar-refractivity contribution >= 4 is 50.0 Å². The Bertz CT molecular complexity index is 1090. The van der Waals surface area contributed by atoms with Gasteiger partial charge in [-0.2, -0.15) is 0 Å². The van der Waals surface area contributed by atoms with Gasteiger partial charge < -0.3 is 0 Å². The maximum atomic E-state index is 4.17. The van der Waals surface area contributed by atoms with Crippen LogP contribution in [0.3, 0.4) is 0 Å². The first kappa shape index (κ1) is 12.0. The first-order valence-corrected chi connectivity index (χ1v) is 7.92. The minimum atomic E-state index is 0.927. The average molecular weight is 301 g/mol. The summed E-state index contributed by atoms with van der Waals surface area (Å²) in [6, 6.07) is 21.7. The molecule has 1 aliphatic heterocycles. The Balaban J connectivity index is 1.93. The summed E-state index contributed by atoms with van der Waals surface area (Å²) in [4.78, 5) is 3.97. The molecule has 0 saturated heterocycles. The van der Waals surface area contributed by atoms with Crippen LogP contribution in [-0.2, 0) is 0 Å². The monoisotopic (exact) mass is 301 g/mol. The molecule has 0 saturated carbocycles. The third kappa shape index (κ3) is 1.71. The van der Waals surface area contributed by atoms with E-state index in [9.17, 15) is 0 Å². The molecule has 0 aromatic heterocycles. The molecule has 0 fully saturated rings. The van der Waals surface area contributed by atoms with Gasteiger partial charge in [0, 0.05) is 11.9 Å². The molecule has 4 aromatic rings. The number of nitrogens with one attached hydrogen (secondary N) is 1.